The van der Waals surface area contributed by atoms with E-state index in [4.69, 9.17) is 0 Å². The van der Waals surface area contributed by atoms with Gasteiger partial charge in [0.05, 0.1) is 11.0 Å². The molecule has 0 radical (unpaired) electrons. The summed E-state index contributed by atoms with van der Waals surface area (Å²) < 4.78 is 2.37. The number of rotatable bonds is 9. The second-order valence-corrected chi connectivity index (χ2v) is 20.5. The highest BCUT2D eigenvalue weighted by Crippen LogP contribution is 2.50. The quantitative estimate of drug-likeness (QED) is 0.140. The molecule has 2 heteroatoms. The zero-order valence-electron chi connectivity index (χ0n) is 42.0. The maximum absolute atomic E-state index is 2.41. The lowest BCUT2D eigenvalue weighted by Crippen LogP contribution is -2.14. The fourth-order valence-electron chi connectivity index (χ4n) is 11.8. The molecule has 1 heterocycles. The molecule has 1 aliphatic carbocycles. The van der Waals surface area contributed by atoms with Crippen LogP contribution in [0.5, 0.6) is 0 Å². The van der Waals surface area contributed by atoms with Crippen molar-refractivity contribution in [2.75, 3.05) is 4.90 Å². The molecule has 0 N–H and O–H groups in total. The van der Waals surface area contributed by atoms with Crippen molar-refractivity contribution in [3.63, 3.8) is 0 Å². The number of anilines is 3. The van der Waals surface area contributed by atoms with Crippen molar-refractivity contribution < 1.29 is 0 Å². The third-order valence-electron chi connectivity index (χ3n) is 15.8. The summed E-state index contributed by atoms with van der Waals surface area (Å²) in [6, 6.07) is 103. The Morgan fingerprint density at radius 1 is 0.280 bits per heavy atom. The molecule has 354 valence electrons. The number of hydrogen-bond acceptors (Lipinski definition) is 1. The van der Waals surface area contributed by atoms with Crippen molar-refractivity contribution in [2.24, 2.45) is 0 Å². The Labute approximate surface area is 438 Å². The Balaban J connectivity index is 0.790. The molecule has 14 rings (SSSR count). The van der Waals surface area contributed by atoms with Gasteiger partial charge >= 0.3 is 0 Å². The first-order valence-electron chi connectivity index (χ1n) is 26.1. The molecule has 0 saturated carbocycles. The molecule has 0 atom stereocenters. The highest BCUT2D eigenvalue weighted by Gasteiger charge is 2.35. The zero-order valence-corrected chi connectivity index (χ0v) is 42.0. The number of nitrogens with zero attached hydrogens (tertiary/aromatic N) is 2. The van der Waals surface area contributed by atoms with E-state index in [1.165, 1.54) is 110 Å². The summed E-state index contributed by atoms with van der Waals surface area (Å²) in [6.45, 7) is 4.70. The van der Waals surface area contributed by atoms with E-state index in [-0.39, 0.29) is 5.41 Å². The van der Waals surface area contributed by atoms with Gasteiger partial charge in [-0.05, 0) is 174 Å². The average molecular weight is 957 g/mol. The minimum atomic E-state index is -0.0588. The summed E-state index contributed by atoms with van der Waals surface area (Å²) in [4.78, 5) is 2.38. The van der Waals surface area contributed by atoms with Crippen molar-refractivity contribution in [1.29, 1.82) is 0 Å². The Bertz CT molecular complexity index is 4280. The van der Waals surface area contributed by atoms with Crippen LogP contribution in [0.2, 0.25) is 0 Å². The molecule has 1 aliphatic rings. The number of hydrogen-bond donors (Lipinski definition) is 0. The maximum Gasteiger partial charge on any atom is 0.0541 e. The lowest BCUT2D eigenvalue weighted by molar-refractivity contribution is 0.660. The summed E-state index contributed by atoms with van der Waals surface area (Å²) >= 11 is 0. The molecule has 2 nitrogen and oxygen atoms in total. The molecule has 13 aromatic rings. The van der Waals surface area contributed by atoms with Crippen LogP contribution < -0.4 is 4.90 Å². The predicted octanol–water partition coefficient (Wildman–Crippen LogP) is 20.0. The van der Waals surface area contributed by atoms with E-state index >= 15 is 0 Å². The normalized spacial score (nSPS) is 12.5. The van der Waals surface area contributed by atoms with Crippen molar-refractivity contribution in [2.45, 2.75) is 19.3 Å². The van der Waals surface area contributed by atoms with Gasteiger partial charge in [0, 0.05) is 38.9 Å². The zero-order chi connectivity index (χ0) is 50.0. The molecule has 0 unspecified atom stereocenters. The molecular formula is C73H52N2. The van der Waals surface area contributed by atoms with Crippen molar-refractivity contribution in [1.82, 2.24) is 4.57 Å². The van der Waals surface area contributed by atoms with E-state index in [0.717, 1.165) is 22.7 Å². The summed E-state index contributed by atoms with van der Waals surface area (Å²) in [5.41, 5.74) is 24.3. The van der Waals surface area contributed by atoms with Crippen molar-refractivity contribution in [3.05, 3.63) is 290 Å². The monoisotopic (exact) mass is 956 g/mol. The predicted molar refractivity (Wildman–Crippen MR) is 318 cm³/mol. The van der Waals surface area contributed by atoms with Crippen molar-refractivity contribution in [3.8, 4) is 72.4 Å². The molecule has 0 bridgehead atoms. The number of fused-ring (bicyclic) bond motifs is 7. The summed E-state index contributed by atoms with van der Waals surface area (Å²) in [5, 5.41) is 5.01. The van der Waals surface area contributed by atoms with Gasteiger partial charge in [0.15, 0.2) is 0 Å². The van der Waals surface area contributed by atoms with Gasteiger partial charge in [-0.15, -0.1) is 0 Å². The van der Waals surface area contributed by atoms with E-state index in [2.05, 4.69) is 302 Å². The minimum absolute atomic E-state index is 0.0588. The third-order valence-corrected chi connectivity index (χ3v) is 15.8. The van der Waals surface area contributed by atoms with Gasteiger partial charge in [0.2, 0.25) is 0 Å². The summed E-state index contributed by atoms with van der Waals surface area (Å²) in [6.07, 6.45) is 0. The van der Waals surface area contributed by atoms with Crippen LogP contribution in [0.1, 0.15) is 25.0 Å². The van der Waals surface area contributed by atoms with Gasteiger partial charge in [0.25, 0.3) is 0 Å². The Morgan fingerprint density at radius 3 is 1.41 bits per heavy atom. The number of para-hydroxylation sites is 2. The van der Waals surface area contributed by atoms with E-state index < -0.39 is 0 Å². The highest BCUT2D eigenvalue weighted by atomic mass is 15.1. The lowest BCUT2D eigenvalue weighted by Gasteiger charge is -2.26. The first-order chi connectivity index (χ1) is 36.9. The van der Waals surface area contributed by atoms with Gasteiger partial charge < -0.3 is 9.47 Å². The van der Waals surface area contributed by atoms with Crippen LogP contribution in [0.3, 0.4) is 0 Å². The van der Waals surface area contributed by atoms with Crippen LogP contribution in [-0.4, -0.2) is 4.57 Å². The molecule has 0 amide bonds. The number of benzene rings is 12. The maximum atomic E-state index is 2.41. The lowest BCUT2D eigenvalue weighted by atomic mass is 9.81. The molecule has 12 aromatic carbocycles. The molecule has 1 aromatic heterocycles. The van der Waals surface area contributed by atoms with Crippen LogP contribution in [0.4, 0.5) is 17.1 Å². The van der Waals surface area contributed by atoms with Crippen LogP contribution in [0.25, 0.3) is 105 Å². The average Bonchev–Trinajstić information content (AvgIpc) is 3.97. The van der Waals surface area contributed by atoms with E-state index in [0.29, 0.717) is 0 Å². The van der Waals surface area contributed by atoms with Gasteiger partial charge in [0.1, 0.15) is 0 Å². The summed E-state index contributed by atoms with van der Waals surface area (Å²) in [7, 11) is 0. The third kappa shape index (κ3) is 7.73. The molecule has 0 saturated heterocycles. The van der Waals surface area contributed by atoms with Gasteiger partial charge in [-0.25, -0.2) is 0 Å². The number of aromatic nitrogens is 1. The first kappa shape index (κ1) is 44.2. The SMILES string of the molecule is CC1(C)c2ccccc2-c2ccc(-c3ccc(N(c4ccc(-c5ccc(-c6cccc(-c7ccc8ccccc8c7)c6)cc5)cc4)c4ccc(-c5ccc6c(c5)c5ccccc5n6-c5ccccc5)cc4)cc3)cc21. The first-order valence-corrected chi connectivity index (χ1v) is 26.1. The van der Waals surface area contributed by atoms with Crippen LogP contribution in [-0.2, 0) is 5.41 Å². The topological polar surface area (TPSA) is 8.17 Å². The second-order valence-electron chi connectivity index (χ2n) is 20.5. The van der Waals surface area contributed by atoms with Crippen LogP contribution >= 0.6 is 0 Å². The minimum Gasteiger partial charge on any atom is -0.311 e. The largest absolute Gasteiger partial charge is 0.311 e. The van der Waals surface area contributed by atoms with E-state index in [1.54, 1.807) is 0 Å². The van der Waals surface area contributed by atoms with E-state index in [9.17, 15) is 0 Å². The molecular weight excluding hydrogens is 905 g/mol. The fourth-order valence-corrected chi connectivity index (χ4v) is 11.8. The smallest absolute Gasteiger partial charge is 0.0541 e. The molecule has 0 spiro atoms. The Morgan fingerprint density at radius 2 is 0.733 bits per heavy atom. The van der Waals surface area contributed by atoms with Gasteiger partial charge in [-0.2, -0.15) is 0 Å². The molecule has 75 heavy (non-hydrogen) atoms. The Kier molecular flexibility index (Phi) is 10.6. The second kappa shape index (κ2) is 17.9. The fraction of sp³-hybridized carbons (Fsp3) is 0.0411. The molecule has 0 aliphatic heterocycles. The van der Waals surface area contributed by atoms with Crippen LogP contribution in [0.15, 0.2) is 279 Å². The highest BCUT2D eigenvalue weighted by molar-refractivity contribution is 6.10. The van der Waals surface area contributed by atoms with Crippen LogP contribution in [0, 0.1) is 0 Å². The van der Waals surface area contributed by atoms with Gasteiger partial charge in [-0.1, -0.05) is 208 Å². The summed E-state index contributed by atoms with van der Waals surface area (Å²) in [5.74, 6) is 0. The standard InChI is InChI=1S/C73H52N2/c1-73(2)69-21-10-8-19-65(69)66-43-35-60(48-70(66)73)54-33-41-64(42-34-54)74(63-39-31-53(32-40-63)59-36-44-72-68(47-59)67-20-9-11-22-71(67)75(72)61-17-4-3-5-18-61)62-37-29-51(30-38-62)50-23-25-52(26-24-50)56-15-12-16-57(45-56)58-28-27-49-13-6-7-14-55(49)46-58/h3-48H,1-2H3. The van der Waals surface area contributed by atoms with E-state index in [1.807, 2.05) is 0 Å². The molecule has 0 fully saturated rings. The Hall–Kier alpha value is -9.50. The van der Waals surface area contributed by atoms with Gasteiger partial charge in [-0.3, -0.25) is 0 Å². The van der Waals surface area contributed by atoms with Crippen molar-refractivity contribution >= 4 is 49.6 Å².